The third-order valence-electron chi connectivity index (χ3n) is 5.72. The Morgan fingerprint density at radius 2 is 1.81 bits per heavy atom. The largest absolute Gasteiger partial charge is 0.323 e. The van der Waals surface area contributed by atoms with E-state index in [0.717, 1.165) is 19.3 Å². The quantitative estimate of drug-likeness (QED) is 0.855. The van der Waals surface area contributed by atoms with E-state index >= 15 is 0 Å². The van der Waals surface area contributed by atoms with E-state index in [2.05, 4.69) is 51.8 Å². The fourth-order valence-electron chi connectivity index (χ4n) is 3.86. The molecule has 1 saturated carbocycles. The number of hydrogen-bond acceptors (Lipinski definition) is 2. The molecule has 1 aliphatic heterocycles. The number of nitrogens with one attached hydrogen (secondary N) is 1. The number of rotatable bonds is 4. The van der Waals surface area contributed by atoms with E-state index in [0.29, 0.717) is 29.2 Å². The van der Waals surface area contributed by atoms with E-state index in [1.807, 2.05) is 0 Å². The molecule has 1 heterocycles. The standard InChI is InChI=1S/C18H34N2O/c1-7-13(4)15-17(21)20(16(19-15)12(2)3)14-8-10-18(5,6)11-9-14/h12-16,19H,7-11H2,1-6H3. The molecule has 2 fully saturated rings. The fourth-order valence-corrected chi connectivity index (χ4v) is 3.86. The first kappa shape index (κ1) is 16.8. The Bertz CT molecular complexity index is 367. The molecule has 0 spiro atoms. The topological polar surface area (TPSA) is 32.3 Å². The number of carbonyl (C=O) groups excluding carboxylic acids is 1. The van der Waals surface area contributed by atoms with Crippen LogP contribution in [0.5, 0.6) is 0 Å². The minimum absolute atomic E-state index is 0.0253. The van der Waals surface area contributed by atoms with Crippen molar-refractivity contribution in [3.63, 3.8) is 0 Å². The van der Waals surface area contributed by atoms with Crippen LogP contribution >= 0.6 is 0 Å². The molecule has 0 aromatic carbocycles. The zero-order valence-corrected chi connectivity index (χ0v) is 14.8. The third-order valence-corrected chi connectivity index (χ3v) is 5.72. The number of hydrogen-bond donors (Lipinski definition) is 1. The highest BCUT2D eigenvalue weighted by molar-refractivity contribution is 5.85. The second kappa shape index (κ2) is 6.28. The van der Waals surface area contributed by atoms with E-state index < -0.39 is 0 Å². The summed E-state index contributed by atoms with van der Waals surface area (Å²) in [7, 11) is 0. The fraction of sp³-hybridized carbons (Fsp3) is 0.944. The molecule has 3 heteroatoms. The van der Waals surface area contributed by atoms with Crippen molar-refractivity contribution in [3.05, 3.63) is 0 Å². The van der Waals surface area contributed by atoms with E-state index in [4.69, 9.17) is 0 Å². The molecule has 1 aliphatic carbocycles. The van der Waals surface area contributed by atoms with Crippen LogP contribution in [0.2, 0.25) is 0 Å². The first-order chi connectivity index (χ1) is 9.76. The lowest BCUT2D eigenvalue weighted by atomic mass is 9.75. The molecule has 3 nitrogen and oxygen atoms in total. The number of amides is 1. The lowest BCUT2D eigenvalue weighted by Crippen LogP contribution is -2.49. The van der Waals surface area contributed by atoms with Crippen molar-refractivity contribution in [1.29, 1.82) is 0 Å². The van der Waals surface area contributed by atoms with Gasteiger partial charge in [-0.2, -0.15) is 0 Å². The first-order valence-corrected chi connectivity index (χ1v) is 8.85. The average molecular weight is 294 g/mol. The van der Waals surface area contributed by atoms with E-state index in [1.165, 1.54) is 12.8 Å². The van der Waals surface area contributed by atoms with Crippen LogP contribution in [-0.4, -0.2) is 29.1 Å². The van der Waals surface area contributed by atoms with E-state index in [9.17, 15) is 4.79 Å². The third kappa shape index (κ3) is 3.44. The van der Waals surface area contributed by atoms with Crippen LogP contribution in [0, 0.1) is 17.3 Å². The molecule has 1 amide bonds. The van der Waals surface area contributed by atoms with Gasteiger partial charge in [-0.05, 0) is 42.9 Å². The predicted octanol–water partition coefficient (Wildman–Crippen LogP) is 3.78. The summed E-state index contributed by atoms with van der Waals surface area (Å²) in [4.78, 5) is 15.2. The Labute approximate surface area is 130 Å². The van der Waals surface area contributed by atoms with Gasteiger partial charge in [-0.25, -0.2) is 0 Å². The normalized spacial score (nSPS) is 32.0. The monoisotopic (exact) mass is 294 g/mol. The summed E-state index contributed by atoms with van der Waals surface area (Å²) in [5, 5.41) is 3.64. The molecule has 122 valence electrons. The van der Waals surface area contributed by atoms with Crippen LogP contribution in [0.25, 0.3) is 0 Å². The molecule has 3 unspecified atom stereocenters. The maximum Gasteiger partial charge on any atom is 0.241 e. The van der Waals surface area contributed by atoms with Gasteiger partial charge in [-0.3, -0.25) is 10.1 Å². The minimum atomic E-state index is 0.0253. The van der Waals surface area contributed by atoms with Gasteiger partial charge in [-0.15, -0.1) is 0 Å². The highest BCUT2D eigenvalue weighted by atomic mass is 16.2. The Morgan fingerprint density at radius 1 is 1.24 bits per heavy atom. The summed E-state index contributed by atoms with van der Waals surface area (Å²) < 4.78 is 0. The molecule has 3 atom stereocenters. The van der Waals surface area contributed by atoms with Crippen LogP contribution in [0.15, 0.2) is 0 Å². The zero-order chi connectivity index (χ0) is 15.8. The Balaban J connectivity index is 2.13. The molecule has 0 radical (unpaired) electrons. The Morgan fingerprint density at radius 3 is 2.29 bits per heavy atom. The maximum absolute atomic E-state index is 12.9. The summed E-state index contributed by atoms with van der Waals surface area (Å²) in [5.74, 6) is 1.24. The summed E-state index contributed by atoms with van der Waals surface area (Å²) in [6.45, 7) is 13.5. The molecule has 0 aromatic heterocycles. The molecule has 0 bridgehead atoms. The Kier molecular flexibility index (Phi) is 5.02. The van der Waals surface area contributed by atoms with Gasteiger partial charge < -0.3 is 4.90 Å². The van der Waals surface area contributed by atoms with Crippen LogP contribution in [0.1, 0.15) is 73.6 Å². The summed E-state index contributed by atoms with van der Waals surface area (Å²) in [6.07, 6.45) is 6.08. The lowest BCUT2D eigenvalue weighted by Gasteiger charge is -2.41. The maximum atomic E-state index is 12.9. The lowest BCUT2D eigenvalue weighted by molar-refractivity contribution is -0.134. The second-order valence-electron chi connectivity index (χ2n) is 8.36. The van der Waals surface area contributed by atoms with Crippen molar-refractivity contribution in [1.82, 2.24) is 10.2 Å². The molecular weight excluding hydrogens is 260 g/mol. The van der Waals surface area contributed by atoms with Crippen molar-refractivity contribution < 1.29 is 4.79 Å². The molecule has 1 saturated heterocycles. The summed E-state index contributed by atoms with van der Waals surface area (Å²) in [6, 6.07) is 0.469. The second-order valence-corrected chi connectivity index (χ2v) is 8.36. The van der Waals surface area contributed by atoms with Crippen molar-refractivity contribution >= 4 is 5.91 Å². The van der Waals surface area contributed by atoms with Gasteiger partial charge in [0.2, 0.25) is 5.91 Å². The molecule has 2 aliphatic rings. The molecular formula is C18H34N2O. The van der Waals surface area contributed by atoms with Crippen molar-refractivity contribution in [2.75, 3.05) is 0 Å². The zero-order valence-electron chi connectivity index (χ0n) is 14.8. The van der Waals surface area contributed by atoms with Gasteiger partial charge >= 0.3 is 0 Å². The van der Waals surface area contributed by atoms with E-state index in [1.54, 1.807) is 0 Å². The minimum Gasteiger partial charge on any atom is -0.323 e. The van der Waals surface area contributed by atoms with Gasteiger partial charge in [0.25, 0.3) is 0 Å². The van der Waals surface area contributed by atoms with Gasteiger partial charge in [0.1, 0.15) is 0 Å². The van der Waals surface area contributed by atoms with Crippen LogP contribution in [0.3, 0.4) is 0 Å². The highest BCUT2D eigenvalue weighted by Crippen LogP contribution is 2.39. The summed E-state index contributed by atoms with van der Waals surface area (Å²) in [5.41, 5.74) is 0.455. The van der Waals surface area contributed by atoms with Crippen molar-refractivity contribution in [3.8, 4) is 0 Å². The Hall–Kier alpha value is -0.570. The van der Waals surface area contributed by atoms with E-state index in [-0.39, 0.29) is 12.2 Å². The van der Waals surface area contributed by atoms with Crippen molar-refractivity contribution in [2.45, 2.75) is 91.9 Å². The predicted molar refractivity (Wildman–Crippen MR) is 87.9 cm³/mol. The van der Waals surface area contributed by atoms with Crippen molar-refractivity contribution in [2.24, 2.45) is 17.3 Å². The first-order valence-electron chi connectivity index (χ1n) is 8.85. The molecule has 2 rings (SSSR count). The van der Waals surface area contributed by atoms with Crippen LogP contribution in [0.4, 0.5) is 0 Å². The summed E-state index contributed by atoms with van der Waals surface area (Å²) >= 11 is 0. The molecule has 1 N–H and O–H groups in total. The van der Waals surface area contributed by atoms with Gasteiger partial charge in [0.15, 0.2) is 0 Å². The van der Waals surface area contributed by atoms with Gasteiger partial charge in [0.05, 0.1) is 12.2 Å². The van der Waals surface area contributed by atoms with Gasteiger partial charge in [-0.1, -0.05) is 48.0 Å². The SMILES string of the molecule is CCC(C)C1NC(C(C)C)N(C2CCC(C)(C)CC2)C1=O. The molecule has 0 aromatic rings. The van der Waals surface area contributed by atoms with Crippen LogP contribution < -0.4 is 5.32 Å². The highest BCUT2D eigenvalue weighted by Gasteiger charge is 2.46. The smallest absolute Gasteiger partial charge is 0.241 e. The van der Waals surface area contributed by atoms with Crippen LogP contribution in [-0.2, 0) is 4.79 Å². The molecule has 21 heavy (non-hydrogen) atoms. The average Bonchev–Trinajstić information content (AvgIpc) is 2.76. The van der Waals surface area contributed by atoms with Gasteiger partial charge in [0, 0.05) is 6.04 Å². The number of nitrogens with zero attached hydrogens (tertiary/aromatic N) is 1. The number of carbonyl (C=O) groups is 1.